The molecule has 1 saturated carbocycles. The third-order valence-corrected chi connectivity index (χ3v) is 12.9. The molecule has 0 spiro atoms. The number of hydrogen-bond acceptors (Lipinski definition) is 10. The second-order valence-electron chi connectivity index (χ2n) is 14.7. The summed E-state index contributed by atoms with van der Waals surface area (Å²) in [5, 5.41) is 2.92. The number of hydrogen-bond donors (Lipinski definition) is 4. The smallest absolute Gasteiger partial charge is 0.276 e. The molecule has 13 nitrogen and oxygen atoms in total. The molecular formula is C35H50ClF2N9O4S. The Labute approximate surface area is 309 Å². The van der Waals surface area contributed by atoms with E-state index in [9.17, 15) is 18.0 Å². The first-order valence-electron chi connectivity index (χ1n) is 18.2. The number of halogens is 3. The van der Waals surface area contributed by atoms with Gasteiger partial charge in [-0.1, -0.05) is 11.6 Å². The Hall–Kier alpha value is -2.99. The second-order valence-corrected chi connectivity index (χ2v) is 17.0. The van der Waals surface area contributed by atoms with Gasteiger partial charge in [-0.2, -0.15) is 4.31 Å². The molecule has 3 atom stereocenters. The van der Waals surface area contributed by atoms with Crippen LogP contribution >= 0.6 is 11.6 Å². The summed E-state index contributed by atoms with van der Waals surface area (Å²) in [6.07, 6.45) is 2.97. The van der Waals surface area contributed by atoms with Crippen LogP contribution in [0.15, 0.2) is 41.3 Å². The van der Waals surface area contributed by atoms with Crippen LogP contribution in [-0.2, 0) is 25.5 Å². The highest BCUT2D eigenvalue weighted by molar-refractivity contribution is 7.89. The minimum atomic E-state index is -3.84. The maximum atomic E-state index is 16.0. The molecule has 52 heavy (non-hydrogen) atoms. The highest BCUT2D eigenvalue weighted by Gasteiger charge is 2.44. The Kier molecular flexibility index (Phi) is 12.0. The largest absolute Gasteiger partial charge is 0.356 e. The number of piperazine rings is 1. The number of carbonyl (C=O) groups is 2. The van der Waals surface area contributed by atoms with E-state index in [1.54, 1.807) is 21.9 Å². The lowest BCUT2D eigenvalue weighted by Gasteiger charge is -2.36. The van der Waals surface area contributed by atoms with Crippen molar-refractivity contribution >= 4 is 44.9 Å². The van der Waals surface area contributed by atoms with E-state index in [0.717, 1.165) is 32.5 Å². The third kappa shape index (κ3) is 8.86. The number of aromatic nitrogens is 1. The van der Waals surface area contributed by atoms with Crippen molar-refractivity contribution < 1.29 is 26.8 Å². The number of anilines is 2. The summed E-state index contributed by atoms with van der Waals surface area (Å²) in [5.41, 5.74) is 18.4. The van der Waals surface area contributed by atoms with E-state index in [-0.39, 0.29) is 103 Å². The summed E-state index contributed by atoms with van der Waals surface area (Å²) in [6, 6.07) is 8.58. The number of alkyl halides is 2. The molecule has 4 heterocycles. The van der Waals surface area contributed by atoms with Crippen LogP contribution in [0.2, 0.25) is 5.15 Å². The van der Waals surface area contributed by atoms with E-state index >= 15 is 8.78 Å². The number of rotatable bonds is 11. The van der Waals surface area contributed by atoms with Crippen molar-refractivity contribution in [3.8, 4) is 0 Å². The minimum absolute atomic E-state index is 0.0655. The summed E-state index contributed by atoms with van der Waals surface area (Å²) in [4.78, 5) is 35.0. The monoisotopic (exact) mass is 765 g/mol. The van der Waals surface area contributed by atoms with Crippen LogP contribution in [0.4, 0.5) is 20.3 Å². The average Bonchev–Trinajstić information content (AvgIpc) is 3.46. The molecule has 2 amide bonds. The molecule has 1 aromatic carbocycles. The van der Waals surface area contributed by atoms with E-state index in [2.05, 4.69) is 15.2 Å². The minimum Gasteiger partial charge on any atom is -0.356 e. The van der Waals surface area contributed by atoms with Gasteiger partial charge in [0.2, 0.25) is 21.8 Å². The van der Waals surface area contributed by atoms with E-state index < -0.39 is 21.9 Å². The molecular weight excluding hydrogens is 716 g/mol. The van der Waals surface area contributed by atoms with Gasteiger partial charge in [0.25, 0.3) is 5.92 Å². The van der Waals surface area contributed by atoms with Crippen LogP contribution < -0.4 is 32.3 Å². The van der Waals surface area contributed by atoms with Gasteiger partial charge in [-0.15, -0.1) is 0 Å². The fourth-order valence-electron chi connectivity index (χ4n) is 8.00. The summed E-state index contributed by atoms with van der Waals surface area (Å²) in [5.74, 6) is -4.39. The topological polar surface area (TPSA) is 184 Å². The first kappa shape index (κ1) is 38.7. The van der Waals surface area contributed by atoms with Crippen molar-refractivity contribution in [2.75, 3.05) is 68.7 Å². The van der Waals surface area contributed by atoms with E-state index in [1.165, 1.54) is 28.6 Å². The Morgan fingerprint density at radius 3 is 2.21 bits per heavy atom. The van der Waals surface area contributed by atoms with Gasteiger partial charge < -0.3 is 37.2 Å². The molecule has 17 heteroatoms. The van der Waals surface area contributed by atoms with Crippen LogP contribution in [0.3, 0.4) is 0 Å². The normalized spacial score (nSPS) is 26.9. The zero-order valence-electron chi connectivity index (χ0n) is 29.3. The fraction of sp³-hybridized carbons (Fsp3) is 0.629. The van der Waals surface area contributed by atoms with Crippen LogP contribution in [0.25, 0.3) is 0 Å². The SMILES string of the molecule is NC1CC(N)CN(CCCNC(=O)C2CCC(C(F)(F)c3cc(Cl)nc(N4CCN(S(=O)(=O)c5ccc(N6C[C@H](N)CC6=O)cc5)CC4)c3)CC2)C1. The molecule has 1 aromatic heterocycles. The molecule has 0 radical (unpaired) electrons. The lowest BCUT2D eigenvalue weighted by Crippen LogP contribution is -2.52. The number of benzene rings is 1. The highest BCUT2D eigenvalue weighted by atomic mass is 35.5. The molecule has 286 valence electrons. The molecule has 0 bridgehead atoms. The lowest BCUT2D eigenvalue weighted by atomic mass is 9.77. The molecule has 3 aliphatic heterocycles. The van der Waals surface area contributed by atoms with Crippen molar-refractivity contribution in [1.29, 1.82) is 0 Å². The van der Waals surface area contributed by atoms with E-state index in [0.29, 0.717) is 31.6 Å². The first-order chi connectivity index (χ1) is 24.7. The maximum Gasteiger partial charge on any atom is 0.276 e. The number of carbonyl (C=O) groups excluding carboxylic acids is 2. The molecule has 2 aromatic rings. The van der Waals surface area contributed by atoms with Gasteiger partial charge in [-0.3, -0.25) is 9.59 Å². The first-order valence-corrected chi connectivity index (χ1v) is 20.0. The van der Waals surface area contributed by atoms with Gasteiger partial charge in [0.1, 0.15) is 11.0 Å². The Morgan fingerprint density at radius 1 is 0.942 bits per heavy atom. The molecule has 4 aliphatic rings. The number of nitrogens with two attached hydrogens (primary N) is 3. The quantitative estimate of drug-likeness (QED) is 0.195. The standard InChI is InChI=1S/C35H50ClF2N9O4S/c36-31-16-25(35(37,38)24-4-2-23(3-5-24)34(49)42-10-1-11-44-20-26(39)18-27(40)21-44)17-32(43-31)45-12-14-46(15-13-45)52(50,51)30-8-6-29(7-9-30)47-22-28(41)19-33(47)48/h6-9,16-17,23-24,26-28H,1-5,10-15,18-22,39-41H2,(H,42,49)/t23?,24?,26?,27?,28-/m1/s1. The zero-order chi connectivity index (χ0) is 37.2. The maximum absolute atomic E-state index is 16.0. The summed E-state index contributed by atoms with van der Waals surface area (Å²) in [6.45, 7) is 3.98. The summed E-state index contributed by atoms with van der Waals surface area (Å²) in [7, 11) is -3.84. The fourth-order valence-corrected chi connectivity index (χ4v) is 9.62. The number of likely N-dealkylation sites (tertiary alicyclic amines) is 1. The summed E-state index contributed by atoms with van der Waals surface area (Å²) >= 11 is 6.28. The van der Waals surface area contributed by atoms with Crippen molar-refractivity contribution in [2.24, 2.45) is 29.0 Å². The predicted octanol–water partition coefficient (Wildman–Crippen LogP) is 2.07. The van der Waals surface area contributed by atoms with Gasteiger partial charge in [0.15, 0.2) is 0 Å². The highest BCUT2D eigenvalue weighted by Crippen LogP contribution is 2.46. The van der Waals surface area contributed by atoms with Gasteiger partial charge in [-0.05, 0) is 81.5 Å². The van der Waals surface area contributed by atoms with Crippen molar-refractivity contribution in [3.05, 3.63) is 47.1 Å². The number of piperidine rings is 1. The third-order valence-electron chi connectivity index (χ3n) is 10.8. The number of amides is 2. The lowest BCUT2D eigenvalue weighted by molar-refractivity contribution is -0.129. The zero-order valence-corrected chi connectivity index (χ0v) is 30.9. The molecule has 2 unspecified atom stereocenters. The number of nitrogens with one attached hydrogen (secondary N) is 1. The molecule has 1 aliphatic carbocycles. The van der Waals surface area contributed by atoms with Gasteiger partial charge in [0.05, 0.1) is 4.90 Å². The van der Waals surface area contributed by atoms with Gasteiger partial charge in [0, 0.05) is 100.0 Å². The number of nitrogens with zero attached hydrogens (tertiary/aromatic N) is 5. The number of pyridine rings is 1. The van der Waals surface area contributed by atoms with Crippen LogP contribution in [0.1, 0.15) is 50.5 Å². The van der Waals surface area contributed by atoms with Crippen molar-refractivity contribution in [3.63, 3.8) is 0 Å². The van der Waals surface area contributed by atoms with Crippen molar-refractivity contribution in [1.82, 2.24) is 19.5 Å². The van der Waals surface area contributed by atoms with Gasteiger partial charge in [-0.25, -0.2) is 22.2 Å². The summed E-state index contributed by atoms with van der Waals surface area (Å²) < 4.78 is 60.2. The Balaban J connectivity index is 0.994. The molecule has 3 saturated heterocycles. The van der Waals surface area contributed by atoms with Gasteiger partial charge >= 0.3 is 0 Å². The number of sulfonamides is 1. The van der Waals surface area contributed by atoms with E-state index in [4.69, 9.17) is 28.8 Å². The molecule has 6 rings (SSSR count). The Morgan fingerprint density at radius 2 is 1.60 bits per heavy atom. The van der Waals surface area contributed by atoms with Crippen molar-refractivity contribution in [2.45, 2.75) is 73.9 Å². The second kappa shape index (κ2) is 16.2. The van der Waals surface area contributed by atoms with E-state index in [1.807, 2.05) is 0 Å². The van der Waals surface area contributed by atoms with Crippen LogP contribution in [0.5, 0.6) is 0 Å². The average molecular weight is 766 g/mol. The molecule has 4 fully saturated rings. The predicted molar refractivity (Wildman–Crippen MR) is 196 cm³/mol. The Bertz CT molecular complexity index is 1680. The molecule has 7 N–H and O–H groups in total. The van der Waals surface area contributed by atoms with Crippen LogP contribution in [-0.4, -0.2) is 111 Å². The van der Waals surface area contributed by atoms with Crippen LogP contribution in [0, 0.1) is 11.8 Å².